The van der Waals surface area contributed by atoms with Gasteiger partial charge in [-0.15, -0.1) is 0 Å². The molecule has 1 aliphatic heterocycles. The van der Waals surface area contributed by atoms with Crippen molar-refractivity contribution in [1.29, 1.82) is 0 Å². The van der Waals surface area contributed by atoms with Gasteiger partial charge in [0, 0.05) is 17.0 Å². The standard InChI is InChI=1S/C23H22ClNO7/c1-29-17-11-14-9-10-25(20(22(27)31-3)21(26)23(28)32-4)19(16(14)12-18(17)30-2)13-5-7-15(24)8-6-13/h5-8,11-12H,9-10H2,1-4H3. The lowest BCUT2D eigenvalue weighted by atomic mass is 9.91. The topological polar surface area (TPSA) is 97.1 Å². The summed E-state index contributed by atoms with van der Waals surface area (Å²) in [5, 5.41) is 13.3. The number of fused-ring (bicyclic) bond motifs is 1. The first-order valence-electron chi connectivity index (χ1n) is 9.59. The van der Waals surface area contributed by atoms with Gasteiger partial charge >= 0.3 is 11.9 Å². The molecule has 1 aliphatic rings. The molecule has 1 heterocycles. The van der Waals surface area contributed by atoms with Crippen LogP contribution in [0.5, 0.6) is 11.5 Å². The quantitative estimate of drug-likeness (QED) is 0.280. The van der Waals surface area contributed by atoms with Crippen molar-refractivity contribution in [3.05, 3.63) is 69.6 Å². The fourth-order valence-electron chi connectivity index (χ4n) is 3.59. The summed E-state index contributed by atoms with van der Waals surface area (Å²) in [7, 11) is 5.27. The third-order valence-electron chi connectivity index (χ3n) is 5.09. The van der Waals surface area contributed by atoms with Gasteiger partial charge in [0.2, 0.25) is 5.71 Å². The number of rotatable bonds is 6. The van der Waals surface area contributed by atoms with Gasteiger partial charge in [-0.1, -0.05) is 11.6 Å². The maximum atomic E-state index is 12.8. The summed E-state index contributed by atoms with van der Waals surface area (Å²) in [5.74, 6) is -2.19. The lowest BCUT2D eigenvalue weighted by molar-refractivity contribution is -0.484. The predicted molar refractivity (Wildman–Crippen MR) is 114 cm³/mol. The Kier molecular flexibility index (Phi) is 7.05. The van der Waals surface area contributed by atoms with Gasteiger partial charge in [0.05, 0.1) is 39.8 Å². The van der Waals surface area contributed by atoms with Crippen molar-refractivity contribution in [2.75, 3.05) is 35.0 Å². The average Bonchev–Trinajstić information content (AvgIpc) is 2.82. The van der Waals surface area contributed by atoms with Crippen LogP contribution in [0.2, 0.25) is 5.02 Å². The lowest BCUT2D eigenvalue weighted by Gasteiger charge is -2.22. The SMILES string of the molecule is COC(=O)/C([O-])=C(\C(=O)OC)[N+]1=C(c2ccc(Cl)cc2)c2cc(OC)c(OC)cc2CC1. The predicted octanol–water partition coefficient (Wildman–Crippen LogP) is 1.68. The Morgan fingerprint density at radius 2 is 1.53 bits per heavy atom. The Morgan fingerprint density at radius 3 is 2.09 bits per heavy atom. The van der Waals surface area contributed by atoms with Crippen LogP contribution in [0.1, 0.15) is 16.7 Å². The maximum absolute atomic E-state index is 12.8. The molecule has 32 heavy (non-hydrogen) atoms. The molecule has 2 aromatic rings. The van der Waals surface area contributed by atoms with Crippen molar-refractivity contribution in [2.45, 2.75) is 6.42 Å². The second-order valence-corrected chi connectivity index (χ2v) is 7.22. The third-order valence-corrected chi connectivity index (χ3v) is 5.34. The van der Waals surface area contributed by atoms with E-state index in [0.29, 0.717) is 39.8 Å². The molecule has 0 aromatic heterocycles. The van der Waals surface area contributed by atoms with E-state index in [2.05, 4.69) is 4.74 Å². The Bertz CT molecular complexity index is 1120. The molecule has 9 heteroatoms. The molecule has 0 spiro atoms. The van der Waals surface area contributed by atoms with Crippen LogP contribution in [0.4, 0.5) is 0 Å². The highest BCUT2D eigenvalue weighted by atomic mass is 35.5. The van der Waals surface area contributed by atoms with Crippen LogP contribution in [0, 0.1) is 0 Å². The molecule has 0 unspecified atom stereocenters. The summed E-state index contributed by atoms with van der Waals surface area (Å²) in [5.41, 5.74) is 2.36. The Labute approximate surface area is 190 Å². The van der Waals surface area contributed by atoms with E-state index in [1.807, 2.05) is 6.07 Å². The van der Waals surface area contributed by atoms with Gasteiger partial charge in [0.15, 0.2) is 18.0 Å². The van der Waals surface area contributed by atoms with Crippen molar-refractivity contribution in [3.63, 3.8) is 0 Å². The number of ether oxygens (including phenoxy) is 4. The Hall–Kier alpha value is -3.52. The van der Waals surface area contributed by atoms with Gasteiger partial charge in [0.25, 0.3) is 5.70 Å². The zero-order valence-corrected chi connectivity index (χ0v) is 18.8. The van der Waals surface area contributed by atoms with E-state index in [-0.39, 0.29) is 6.54 Å². The van der Waals surface area contributed by atoms with Gasteiger partial charge in [0.1, 0.15) is 0 Å². The first-order chi connectivity index (χ1) is 15.4. The maximum Gasteiger partial charge on any atom is 0.403 e. The molecule has 0 N–H and O–H groups in total. The van der Waals surface area contributed by atoms with Crippen LogP contribution in [0.25, 0.3) is 0 Å². The summed E-state index contributed by atoms with van der Waals surface area (Å²) < 4.78 is 21.7. The fraction of sp³-hybridized carbons (Fsp3) is 0.261. The monoisotopic (exact) mass is 459 g/mol. The van der Waals surface area contributed by atoms with Gasteiger partial charge in [-0.2, -0.15) is 4.58 Å². The van der Waals surface area contributed by atoms with Gasteiger partial charge < -0.3 is 24.1 Å². The van der Waals surface area contributed by atoms with E-state index in [1.54, 1.807) is 37.4 Å². The van der Waals surface area contributed by atoms with Gasteiger partial charge in [-0.25, -0.2) is 9.59 Å². The summed E-state index contributed by atoms with van der Waals surface area (Å²) in [6, 6.07) is 10.5. The highest BCUT2D eigenvalue weighted by Gasteiger charge is 2.36. The van der Waals surface area contributed by atoms with Crippen molar-refractivity contribution in [3.8, 4) is 11.5 Å². The highest BCUT2D eigenvalue weighted by molar-refractivity contribution is 6.30. The Morgan fingerprint density at radius 1 is 0.938 bits per heavy atom. The summed E-state index contributed by atoms with van der Waals surface area (Å²) in [6.45, 7) is 0.230. The zero-order chi connectivity index (χ0) is 23.4. The van der Waals surface area contributed by atoms with Gasteiger partial charge in [-0.3, -0.25) is 0 Å². The molecular weight excluding hydrogens is 438 g/mol. The molecule has 0 fully saturated rings. The number of esters is 2. The van der Waals surface area contributed by atoms with Crippen LogP contribution >= 0.6 is 11.6 Å². The van der Waals surface area contributed by atoms with E-state index < -0.39 is 23.4 Å². The van der Waals surface area contributed by atoms with Crippen LogP contribution in [-0.4, -0.2) is 57.2 Å². The van der Waals surface area contributed by atoms with E-state index >= 15 is 0 Å². The largest absolute Gasteiger partial charge is 0.863 e. The zero-order valence-electron chi connectivity index (χ0n) is 18.1. The molecule has 0 saturated carbocycles. The van der Waals surface area contributed by atoms with Crippen LogP contribution in [0.15, 0.2) is 47.9 Å². The number of carbonyl (C=O) groups is 2. The van der Waals surface area contributed by atoms with Crippen molar-refractivity contribution >= 4 is 29.3 Å². The van der Waals surface area contributed by atoms with Crippen LogP contribution in [0.3, 0.4) is 0 Å². The number of benzene rings is 2. The molecular formula is C23H22ClNO7. The first kappa shape index (κ1) is 23.1. The van der Waals surface area contributed by atoms with Crippen molar-refractivity contribution < 1.29 is 38.2 Å². The normalized spacial score (nSPS) is 13.7. The minimum atomic E-state index is -1.17. The summed E-state index contributed by atoms with van der Waals surface area (Å²) >= 11 is 6.07. The van der Waals surface area contributed by atoms with E-state index in [9.17, 15) is 14.7 Å². The van der Waals surface area contributed by atoms with E-state index in [1.165, 1.54) is 11.7 Å². The van der Waals surface area contributed by atoms with Crippen LogP contribution < -0.4 is 14.6 Å². The molecule has 0 aliphatic carbocycles. The number of nitrogens with zero attached hydrogens (tertiary/aromatic N) is 1. The minimum absolute atomic E-state index is 0.230. The molecule has 0 amide bonds. The molecule has 168 valence electrons. The summed E-state index contributed by atoms with van der Waals surface area (Å²) in [4.78, 5) is 24.7. The molecule has 8 nitrogen and oxygen atoms in total. The molecule has 0 radical (unpaired) electrons. The fourth-order valence-corrected chi connectivity index (χ4v) is 3.72. The number of hydrogen-bond acceptors (Lipinski definition) is 7. The Balaban J connectivity index is 2.41. The van der Waals surface area contributed by atoms with Crippen molar-refractivity contribution in [2.24, 2.45) is 0 Å². The lowest BCUT2D eigenvalue weighted by Crippen LogP contribution is -2.37. The smallest absolute Gasteiger partial charge is 0.403 e. The number of hydrogen-bond donors (Lipinski definition) is 0. The number of methoxy groups -OCH3 is 4. The van der Waals surface area contributed by atoms with Crippen LogP contribution in [-0.2, 0) is 25.5 Å². The molecule has 0 bridgehead atoms. The van der Waals surface area contributed by atoms with E-state index in [4.69, 9.17) is 25.8 Å². The molecule has 3 rings (SSSR count). The highest BCUT2D eigenvalue weighted by Crippen LogP contribution is 2.34. The minimum Gasteiger partial charge on any atom is -0.863 e. The summed E-state index contributed by atoms with van der Waals surface area (Å²) in [6.07, 6.45) is 0.460. The first-order valence-corrected chi connectivity index (χ1v) is 9.97. The average molecular weight is 460 g/mol. The number of halogens is 1. The third kappa shape index (κ3) is 4.27. The second-order valence-electron chi connectivity index (χ2n) is 6.78. The second kappa shape index (κ2) is 9.74. The number of carbonyl (C=O) groups excluding carboxylic acids is 2. The molecule has 0 atom stereocenters. The molecule has 2 aromatic carbocycles. The van der Waals surface area contributed by atoms with Gasteiger partial charge in [-0.05, 0) is 42.0 Å². The van der Waals surface area contributed by atoms with E-state index in [0.717, 1.165) is 19.8 Å². The van der Waals surface area contributed by atoms with Crippen molar-refractivity contribution in [1.82, 2.24) is 0 Å². The molecule has 0 saturated heterocycles.